The number of aryl methyl sites for hydroxylation is 1. The van der Waals surface area contributed by atoms with Gasteiger partial charge in [0.1, 0.15) is 5.75 Å². The van der Waals surface area contributed by atoms with Gasteiger partial charge in [-0.15, -0.1) is 0 Å². The number of aromatic nitrogens is 1. The van der Waals surface area contributed by atoms with Crippen LogP contribution in [0.3, 0.4) is 0 Å². The standard InChI is InChI=1S/C24H25N3O2/c1-4-21-23(19-9-5-18(15-25)6-10-19)22(24(26)28)16(2)27(21)14-13-17-7-11-20(29-3)12-8-17/h5-12H,4,13-14H2,1-3H3,(H2,26,28). The van der Waals surface area contributed by atoms with Crippen molar-refractivity contribution in [2.45, 2.75) is 33.2 Å². The summed E-state index contributed by atoms with van der Waals surface area (Å²) in [6.45, 7) is 4.77. The fourth-order valence-electron chi connectivity index (χ4n) is 3.82. The maximum atomic E-state index is 12.3. The van der Waals surface area contributed by atoms with Crippen molar-refractivity contribution in [3.05, 3.63) is 76.6 Å². The molecule has 0 bridgehead atoms. The van der Waals surface area contributed by atoms with E-state index in [1.165, 1.54) is 5.56 Å². The molecule has 0 aliphatic heterocycles. The van der Waals surface area contributed by atoms with Crippen LogP contribution < -0.4 is 10.5 Å². The molecule has 1 aromatic heterocycles. The number of nitriles is 1. The van der Waals surface area contributed by atoms with Crippen molar-refractivity contribution in [2.24, 2.45) is 5.73 Å². The highest BCUT2D eigenvalue weighted by molar-refractivity contribution is 6.02. The van der Waals surface area contributed by atoms with Crippen LogP contribution in [0.4, 0.5) is 0 Å². The SMILES string of the molecule is CCc1c(-c2ccc(C#N)cc2)c(C(N)=O)c(C)n1CCc1ccc(OC)cc1. The number of primary amides is 1. The molecule has 2 N–H and O–H groups in total. The van der Waals surface area contributed by atoms with Crippen molar-refractivity contribution in [2.75, 3.05) is 7.11 Å². The van der Waals surface area contributed by atoms with Crippen molar-refractivity contribution in [1.82, 2.24) is 4.57 Å². The lowest BCUT2D eigenvalue weighted by Gasteiger charge is -2.12. The lowest BCUT2D eigenvalue weighted by molar-refractivity contribution is 0.1000. The second kappa shape index (κ2) is 8.66. The Morgan fingerprint density at radius 2 is 1.79 bits per heavy atom. The number of rotatable bonds is 7. The normalized spacial score (nSPS) is 10.6. The Morgan fingerprint density at radius 1 is 1.14 bits per heavy atom. The van der Waals surface area contributed by atoms with E-state index in [0.29, 0.717) is 11.1 Å². The molecule has 1 heterocycles. The molecule has 0 aliphatic carbocycles. The summed E-state index contributed by atoms with van der Waals surface area (Å²) >= 11 is 0. The molecule has 0 spiro atoms. The molecule has 3 rings (SSSR count). The van der Waals surface area contributed by atoms with Crippen molar-refractivity contribution in [1.29, 1.82) is 5.26 Å². The Bertz CT molecular complexity index is 1060. The number of carbonyl (C=O) groups excluding carboxylic acids is 1. The van der Waals surface area contributed by atoms with Crippen LogP contribution in [0.15, 0.2) is 48.5 Å². The highest BCUT2D eigenvalue weighted by Crippen LogP contribution is 2.33. The summed E-state index contributed by atoms with van der Waals surface area (Å²) in [6, 6.07) is 17.4. The minimum Gasteiger partial charge on any atom is -0.497 e. The number of methoxy groups -OCH3 is 1. The van der Waals surface area contributed by atoms with E-state index in [1.807, 2.05) is 31.2 Å². The highest BCUT2D eigenvalue weighted by Gasteiger charge is 2.23. The van der Waals surface area contributed by atoms with Crippen molar-refractivity contribution >= 4 is 5.91 Å². The zero-order valence-electron chi connectivity index (χ0n) is 17.0. The third-order valence-corrected chi connectivity index (χ3v) is 5.30. The van der Waals surface area contributed by atoms with E-state index in [4.69, 9.17) is 15.7 Å². The molecular weight excluding hydrogens is 362 g/mol. The van der Waals surface area contributed by atoms with Gasteiger partial charge in [-0.2, -0.15) is 5.26 Å². The van der Waals surface area contributed by atoms with Gasteiger partial charge < -0.3 is 15.0 Å². The van der Waals surface area contributed by atoms with Crippen LogP contribution in [0.1, 0.15) is 39.8 Å². The average Bonchev–Trinajstić information content (AvgIpc) is 3.04. The maximum Gasteiger partial charge on any atom is 0.251 e. The lowest BCUT2D eigenvalue weighted by atomic mass is 9.98. The first-order valence-corrected chi connectivity index (χ1v) is 9.65. The van der Waals surface area contributed by atoms with E-state index in [2.05, 4.69) is 29.7 Å². The molecule has 3 aromatic rings. The number of hydrogen-bond donors (Lipinski definition) is 1. The summed E-state index contributed by atoms with van der Waals surface area (Å²) in [6.07, 6.45) is 1.60. The fraction of sp³-hybridized carbons (Fsp3) is 0.250. The summed E-state index contributed by atoms with van der Waals surface area (Å²) in [4.78, 5) is 12.3. The molecule has 0 unspecified atom stereocenters. The Labute approximate surface area is 171 Å². The van der Waals surface area contributed by atoms with Crippen LogP contribution in [-0.4, -0.2) is 17.6 Å². The van der Waals surface area contributed by atoms with Gasteiger partial charge in [-0.05, 0) is 55.2 Å². The lowest BCUT2D eigenvalue weighted by Crippen LogP contribution is -2.14. The Hall–Kier alpha value is -3.52. The highest BCUT2D eigenvalue weighted by atomic mass is 16.5. The van der Waals surface area contributed by atoms with Gasteiger partial charge in [-0.3, -0.25) is 4.79 Å². The molecule has 0 saturated heterocycles. The van der Waals surface area contributed by atoms with Crippen molar-refractivity contribution < 1.29 is 9.53 Å². The summed E-state index contributed by atoms with van der Waals surface area (Å²) in [5, 5.41) is 9.07. The number of nitrogens with zero attached hydrogens (tertiary/aromatic N) is 2. The molecule has 0 aliphatic rings. The van der Waals surface area contributed by atoms with Gasteiger partial charge in [-0.1, -0.05) is 31.2 Å². The smallest absolute Gasteiger partial charge is 0.251 e. The molecule has 5 nitrogen and oxygen atoms in total. The second-order valence-corrected chi connectivity index (χ2v) is 6.94. The van der Waals surface area contributed by atoms with Crippen molar-refractivity contribution in [3.8, 4) is 22.9 Å². The van der Waals surface area contributed by atoms with E-state index < -0.39 is 5.91 Å². The van der Waals surface area contributed by atoms with E-state index in [-0.39, 0.29) is 0 Å². The molecular formula is C24H25N3O2. The summed E-state index contributed by atoms with van der Waals surface area (Å²) in [5.41, 5.74) is 11.8. The van der Waals surface area contributed by atoms with Crippen LogP contribution in [0, 0.1) is 18.3 Å². The summed E-state index contributed by atoms with van der Waals surface area (Å²) in [5.74, 6) is 0.402. The Kier molecular flexibility index (Phi) is 6.04. The minimum atomic E-state index is -0.431. The Balaban J connectivity index is 2.02. The quantitative estimate of drug-likeness (QED) is 0.658. The Morgan fingerprint density at radius 3 is 2.31 bits per heavy atom. The number of amides is 1. The van der Waals surface area contributed by atoms with Gasteiger partial charge in [0.15, 0.2) is 0 Å². The molecule has 148 valence electrons. The van der Waals surface area contributed by atoms with Gasteiger partial charge in [0, 0.05) is 23.5 Å². The molecule has 1 amide bonds. The van der Waals surface area contributed by atoms with Crippen molar-refractivity contribution in [3.63, 3.8) is 0 Å². The van der Waals surface area contributed by atoms with Crippen LogP contribution in [0.5, 0.6) is 5.75 Å². The minimum absolute atomic E-state index is 0.431. The number of hydrogen-bond acceptors (Lipinski definition) is 3. The third kappa shape index (κ3) is 4.02. The summed E-state index contributed by atoms with van der Waals surface area (Å²) in [7, 11) is 1.65. The first kappa shape index (κ1) is 20.2. The van der Waals surface area contributed by atoms with Gasteiger partial charge in [0.25, 0.3) is 5.91 Å². The number of benzene rings is 2. The number of carbonyl (C=O) groups is 1. The molecule has 0 saturated carbocycles. The van der Waals surface area contributed by atoms with Crippen LogP contribution in [-0.2, 0) is 19.4 Å². The topological polar surface area (TPSA) is 81.0 Å². The van der Waals surface area contributed by atoms with Gasteiger partial charge in [0.2, 0.25) is 0 Å². The predicted molar refractivity (Wildman–Crippen MR) is 114 cm³/mol. The largest absolute Gasteiger partial charge is 0.497 e. The molecule has 0 radical (unpaired) electrons. The predicted octanol–water partition coefficient (Wildman–Crippen LogP) is 4.25. The molecule has 5 heteroatoms. The van der Waals surface area contributed by atoms with E-state index in [9.17, 15) is 4.79 Å². The first-order valence-electron chi connectivity index (χ1n) is 9.65. The number of ether oxygens (including phenoxy) is 1. The zero-order chi connectivity index (χ0) is 21.0. The maximum absolute atomic E-state index is 12.3. The first-order chi connectivity index (χ1) is 14.0. The van der Waals surface area contributed by atoms with Gasteiger partial charge in [0.05, 0.1) is 24.3 Å². The zero-order valence-corrected chi connectivity index (χ0v) is 17.0. The molecule has 0 fully saturated rings. The van der Waals surface area contributed by atoms with Crippen LogP contribution in [0.25, 0.3) is 11.1 Å². The van der Waals surface area contributed by atoms with E-state index >= 15 is 0 Å². The summed E-state index contributed by atoms with van der Waals surface area (Å²) < 4.78 is 7.41. The third-order valence-electron chi connectivity index (χ3n) is 5.30. The van der Waals surface area contributed by atoms with Gasteiger partial charge in [-0.25, -0.2) is 0 Å². The van der Waals surface area contributed by atoms with Crippen LogP contribution in [0.2, 0.25) is 0 Å². The average molecular weight is 387 g/mol. The van der Waals surface area contributed by atoms with Gasteiger partial charge >= 0.3 is 0 Å². The van der Waals surface area contributed by atoms with Crippen LogP contribution >= 0.6 is 0 Å². The molecule has 0 atom stereocenters. The second-order valence-electron chi connectivity index (χ2n) is 6.94. The van der Waals surface area contributed by atoms with E-state index in [0.717, 1.165) is 47.7 Å². The monoisotopic (exact) mass is 387 g/mol. The molecule has 29 heavy (non-hydrogen) atoms. The molecule has 2 aromatic carbocycles. The number of nitrogens with two attached hydrogens (primary N) is 1. The fourth-order valence-corrected chi connectivity index (χ4v) is 3.82. The van der Waals surface area contributed by atoms with E-state index in [1.54, 1.807) is 19.2 Å².